The Morgan fingerprint density at radius 1 is 1.17 bits per heavy atom. The van der Waals surface area contributed by atoms with Crippen molar-refractivity contribution in [3.8, 4) is 0 Å². The molecule has 1 atom stereocenters. The molecule has 1 aromatic rings. The van der Waals surface area contributed by atoms with Crippen LogP contribution in [0.2, 0.25) is 0 Å². The highest BCUT2D eigenvalue weighted by molar-refractivity contribution is 5.97. The van der Waals surface area contributed by atoms with E-state index < -0.39 is 12.0 Å². The number of likely N-dealkylation sites (N-methyl/N-ethyl adjacent to an activating group) is 1. The summed E-state index contributed by atoms with van der Waals surface area (Å²) in [6, 6.07) is 6.95. The highest BCUT2D eigenvalue weighted by atomic mass is 16.4. The SMILES string of the molecule is CN1CCN(Cc2cccc(C(=O)N3CCCC3C(=O)O)c2)CC1. The maximum Gasteiger partial charge on any atom is 0.326 e. The smallest absolute Gasteiger partial charge is 0.326 e. The normalized spacial score (nSPS) is 22.7. The summed E-state index contributed by atoms with van der Waals surface area (Å²) in [7, 11) is 2.13. The van der Waals surface area contributed by atoms with Gasteiger partial charge in [-0.3, -0.25) is 9.69 Å². The maximum atomic E-state index is 12.7. The first-order chi connectivity index (χ1) is 11.5. The molecule has 0 bridgehead atoms. The molecule has 2 aliphatic rings. The second kappa shape index (κ2) is 7.32. The van der Waals surface area contributed by atoms with Gasteiger partial charge in [-0.05, 0) is 37.6 Å². The third kappa shape index (κ3) is 3.76. The van der Waals surface area contributed by atoms with Crippen molar-refractivity contribution < 1.29 is 14.7 Å². The Labute approximate surface area is 142 Å². The van der Waals surface area contributed by atoms with Crippen LogP contribution >= 0.6 is 0 Å². The van der Waals surface area contributed by atoms with Crippen molar-refractivity contribution in [1.29, 1.82) is 0 Å². The lowest BCUT2D eigenvalue weighted by Gasteiger charge is -2.32. The van der Waals surface area contributed by atoms with Crippen LogP contribution in [0, 0.1) is 0 Å². The number of nitrogens with zero attached hydrogens (tertiary/aromatic N) is 3. The Morgan fingerprint density at radius 3 is 2.62 bits per heavy atom. The molecule has 2 fully saturated rings. The highest BCUT2D eigenvalue weighted by Gasteiger charge is 2.34. The van der Waals surface area contributed by atoms with Crippen LogP contribution in [0.4, 0.5) is 0 Å². The quantitative estimate of drug-likeness (QED) is 0.896. The summed E-state index contributed by atoms with van der Waals surface area (Å²) in [6.07, 6.45) is 1.30. The predicted molar refractivity (Wildman–Crippen MR) is 90.9 cm³/mol. The molecule has 6 nitrogen and oxygen atoms in total. The zero-order chi connectivity index (χ0) is 17.1. The van der Waals surface area contributed by atoms with Gasteiger partial charge in [0.25, 0.3) is 5.91 Å². The van der Waals surface area contributed by atoms with Gasteiger partial charge < -0.3 is 14.9 Å². The van der Waals surface area contributed by atoms with Crippen LogP contribution in [0.3, 0.4) is 0 Å². The number of carboxylic acids is 1. The molecular weight excluding hydrogens is 306 g/mol. The van der Waals surface area contributed by atoms with Crippen LogP contribution in [0.1, 0.15) is 28.8 Å². The van der Waals surface area contributed by atoms with Crippen LogP contribution in [0.5, 0.6) is 0 Å². The molecule has 130 valence electrons. The van der Waals surface area contributed by atoms with E-state index in [1.165, 1.54) is 4.90 Å². The van der Waals surface area contributed by atoms with Gasteiger partial charge in [-0.25, -0.2) is 4.79 Å². The number of hydrogen-bond donors (Lipinski definition) is 1. The summed E-state index contributed by atoms with van der Waals surface area (Å²) >= 11 is 0. The molecule has 3 rings (SSSR count). The number of aliphatic carboxylic acids is 1. The van der Waals surface area contributed by atoms with E-state index in [9.17, 15) is 14.7 Å². The van der Waals surface area contributed by atoms with Gasteiger partial charge in [0, 0.05) is 44.8 Å². The molecule has 2 heterocycles. The predicted octanol–water partition coefficient (Wildman–Crippen LogP) is 1.12. The second-order valence-electron chi connectivity index (χ2n) is 6.77. The average molecular weight is 331 g/mol. The van der Waals surface area contributed by atoms with Crippen molar-refractivity contribution in [3.05, 3.63) is 35.4 Å². The molecule has 1 N–H and O–H groups in total. The van der Waals surface area contributed by atoms with E-state index in [0.717, 1.165) is 44.7 Å². The van der Waals surface area contributed by atoms with Gasteiger partial charge >= 0.3 is 5.97 Å². The summed E-state index contributed by atoms with van der Waals surface area (Å²) in [5.74, 6) is -1.07. The molecule has 0 saturated carbocycles. The third-order valence-electron chi connectivity index (χ3n) is 4.97. The number of hydrogen-bond acceptors (Lipinski definition) is 4. The van der Waals surface area contributed by atoms with Gasteiger partial charge in [-0.15, -0.1) is 0 Å². The van der Waals surface area contributed by atoms with Crippen LogP contribution in [-0.4, -0.2) is 77.5 Å². The Hall–Kier alpha value is -1.92. The van der Waals surface area contributed by atoms with E-state index in [-0.39, 0.29) is 5.91 Å². The Bertz CT molecular complexity index is 611. The van der Waals surface area contributed by atoms with Crippen LogP contribution in [0.25, 0.3) is 0 Å². The van der Waals surface area contributed by atoms with Crippen LogP contribution < -0.4 is 0 Å². The van der Waals surface area contributed by atoms with E-state index in [1.54, 1.807) is 6.07 Å². The Balaban J connectivity index is 1.68. The molecule has 6 heteroatoms. The van der Waals surface area contributed by atoms with Crippen LogP contribution in [0.15, 0.2) is 24.3 Å². The van der Waals surface area contributed by atoms with Gasteiger partial charge in [-0.2, -0.15) is 0 Å². The van der Waals surface area contributed by atoms with Gasteiger partial charge in [0.2, 0.25) is 0 Å². The number of piperazine rings is 1. The molecule has 0 radical (unpaired) electrons. The molecule has 0 spiro atoms. The molecule has 0 aliphatic carbocycles. The fraction of sp³-hybridized carbons (Fsp3) is 0.556. The van der Waals surface area contributed by atoms with Gasteiger partial charge in [0.1, 0.15) is 6.04 Å². The molecule has 0 aromatic heterocycles. The number of carbonyl (C=O) groups excluding carboxylic acids is 1. The van der Waals surface area contributed by atoms with Gasteiger partial charge in [-0.1, -0.05) is 12.1 Å². The van der Waals surface area contributed by atoms with Crippen molar-refractivity contribution in [2.45, 2.75) is 25.4 Å². The Kier molecular flexibility index (Phi) is 5.16. The lowest BCUT2D eigenvalue weighted by Crippen LogP contribution is -2.44. The van der Waals surface area contributed by atoms with E-state index in [2.05, 4.69) is 16.8 Å². The summed E-state index contributed by atoms with van der Waals surface area (Å²) in [4.78, 5) is 30.2. The second-order valence-corrected chi connectivity index (χ2v) is 6.77. The van der Waals surface area contributed by atoms with E-state index in [1.807, 2.05) is 18.2 Å². The average Bonchev–Trinajstić information content (AvgIpc) is 3.06. The molecular formula is C18H25N3O3. The number of carbonyl (C=O) groups is 2. The van der Waals surface area contributed by atoms with Gasteiger partial charge in [0.05, 0.1) is 0 Å². The zero-order valence-electron chi connectivity index (χ0n) is 14.1. The van der Waals surface area contributed by atoms with E-state index in [0.29, 0.717) is 18.5 Å². The minimum Gasteiger partial charge on any atom is -0.480 e. The lowest BCUT2D eigenvalue weighted by atomic mass is 10.1. The Morgan fingerprint density at radius 2 is 1.92 bits per heavy atom. The molecule has 24 heavy (non-hydrogen) atoms. The van der Waals surface area contributed by atoms with E-state index >= 15 is 0 Å². The first-order valence-corrected chi connectivity index (χ1v) is 8.58. The van der Waals surface area contributed by atoms with Crippen molar-refractivity contribution in [2.75, 3.05) is 39.8 Å². The molecule has 1 amide bonds. The topological polar surface area (TPSA) is 64.1 Å². The minimum absolute atomic E-state index is 0.167. The summed E-state index contributed by atoms with van der Waals surface area (Å²) < 4.78 is 0. The maximum absolute atomic E-state index is 12.7. The summed E-state index contributed by atoms with van der Waals surface area (Å²) in [5, 5.41) is 9.27. The first kappa shape index (κ1) is 16.9. The number of amides is 1. The summed E-state index contributed by atoms with van der Waals surface area (Å²) in [6.45, 7) is 5.54. The monoisotopic (exact) mass is 331 g/mol. The summed E-state index contributed by atoms with van der Waals surface area (Å²) in [5.41, 5.74) is 1.70. The zero-order valence-corrected chi connectivity index (χ0v) is 14.1. The molecule has 2 saturated heterocycles. The van der Waals surface area contributed by atoms with E-state index in [4.69, 9.17) is 0 Å². The van der Waals surface area contributed by atoms with Crippen molar-refractivity contribution in [3.63, 3.8) is 0 Å². The fourth-order valence-electron chi connectivity index (χ4n) is 3.50. The van der Waals surface area contributed by atoms with Crippen LogP contribution in [-0.2, 0) is 11.3 Å². The van der Waals surface area contributed by atoms with Crippen molar-refractivity contribution in [2.24, 2.45) is 0 Å². The van der Waals surface area contributed by atoms with Gasteiger partial charge in [0.15, 0.2) is 0 Å². The van der Waals surface area contributed by atoms with Crippen molar-refractivity contribution in [1.82, 2.24) is 14.7 Å². The number of likely N-dealkylation sites (tertiary alicyclic amines) is 1. The number of rotatable bonds is 4. The molecule has 2 aliphatic heterocycles. The number of benzene rings is 1. The van der Waals surface area contributed by atoms with Crippen molar-refractivity contribution >= 4 is 11.9 Å². The number of carboxylic acid groups (broad SMARTS) is 1. The first-order valence-electron chi connectivity index (χ1n) is 8.58. The molecule has 1 aromatic carbocycles. The standard InChI is InChI=1S/C18H25N3O3/c1-19-8-10-20(11-9-19)13-14-4-2-5-15(12-14)17(22)21-7-3-6-16(21)18(23)24/h2,4-5,12,16H,3,6-11,13H2,1H3,(H,23,24). The highest BCUT2D eigenvalue weighted by Crippen LogP contribution is 2.21. The minimum atomic E-state index is -0.908. The fourth-order valence-corrected chi connectivity index (χ4v) is 3.50. The third-order valence-corrected chi connectivity index (χ3v) is 4.97. The molecule has 1 unspecified atom stereocenters. The lowest BCUT2D eigenvalue weighted by molar-refractivity contribution is -0.141. The largest absolute Gasteiger partial charge is 0.480 e.